The molecular formula is C34H36F3N3O5. The number of carbonyl (C=O) groups excluding carboxylic acids is 2. The maximum Gasteiger partial charge on any atom is 0.416 e. The number of alkyl halides is 3. The SMILES string of the molecule is CCOC(=O)C[C@@H]1CCc2cc(OC)c(-c3ccc(N4CCC4)nc3CN3C(=O)OC(c4cccc(C(F)(F)F)c4)[C@@H]3C)cc21. The summed E-state index contributed by atoms with van der Waals surface area (Å²) in [5.74, 6) is 1.23. The van der Waals surface area contributed by atoms with Gasteiger partial charge in [-0.2, -0.15) is 13.2 Å². The summed E-state index contributed by atoms with van der Waals surface area (Å²) in [7, 11) is 1.61. The van der Waals surface area contributed by atoms with E-state index in [2.05, 4.69) is 11.0 Å². The molecule has 3 aliphatic rings. The lowest BCUT2D eigenvalue weighted by Gasteiger charge is -2.33. The van der Waals surface area contributed by atoms with Crippen LogP contribution >= 0.6 is 0 Å². The number of methoxy groups -OCH3 is 1. The minimum absolute atomic E-state index is 0.0160. The van der Waals surface area contributed by atoms with E-state index >= 15 is 0 Å². The molecule has 2 aromatic carbocycles. The van der Waals surface area contributed by atoms with E-state index in [1.54, 1.807) is 27.0 Å². The molecule has 1 aromatic heterocycles. The molecule has 2 aliphatic heterocycles. The Morgan fingerprint density at radius 1 is 1.11 bits per heavy atom. The van der Waals surface area contributed by atoms with Gasteiger partial charge in [0.25, 0.3) is 0 Å². The number of ether oxygens (including phenoxy) is 3. The minimum Gasteiger partial charge on any atom is -0.496 e. The third-order valence-corrected chi connectivity index (χ3v) is 9.07. The topological polar surface area (TPSA) is 81.2 Å². The molecule has 2 saturated heterocycles. The molecule has 3 aromatic rings. The van der Waals surface area contributed by atoms with Crippen LogP contribution in [-0.4, -0.2) is 54.8 Å². The highest BCUT2D eigenvalue weighted by Gasteiger charge is 2.41. The second-order valence-corrected chi connectivity index (χ2v) is 11.8. The summed E-state index contributed by atoms with van der Waals surface area (Å²) in [5.41, 5.74) is 3.85. The number of aromatic nitrogens is 1. The molecule has 3 heterocycles. The monoisotopic (exact) mass is 623 g/mol. The first-order chi connectivity index (χ1) is 21.6. The van der Waals surface area contributed by atoms with Crippen LogP contribution in [0, 0.1) is 0 Å². The van der Waals surface area contributed by atoms with Gasteiger partial charge in [0.2, 0.25) is 0 Å². The van der Waals surface area contributed by atoms with E-state index in [9.17, 15) is 22.8 Å². The minimum atomic E-state index is -4.51. The molecule has 0 N–H and O–H groups in total. The molecule has 45 heavy (non-hydrogen) atoms. The standard InChI is InChI=1S/C34H36F3N3O5/c1-4-44-31(41)17-22-10-9-21-16-29(43-3)27(18-26(21)22)25-11-12-30(39-13-6-14-39)38-28(25)19-40-20(2)32(45-33(40)42)23-7-5-8-24(15-23)34(35,36)37/h5,7-8,11-12,15-16,18,20,22,32H,4,6,9-10,13-14,17,19H2,1-3H3/t20-,22-,32?/m0/s1. The number of nitrogens with zero attached hydrogens (tertiary/aromatic N) is 3. The fraction of sp³-hybridized carbons (Fsp3) is 0.441. The summed E-state index contributed by atoms with van der Waals surface area (Å²) in [5, 5.41) is 0. The lowest BCUT2D eigenvalue weighted by atomic mass is 9.92. The predicted octanol–water partition coefficient (Wildman–Crippen LogP) is 7.05. The van der Waals surface area contributed by atoms with Crippen LogP contribution in [0.3, 0.4) is 0 Å². The van der Waals surface area contributed by atoms with E-state index in [1.165, 1.54) is 11.0 Å². The Kier molecular flexibility index (Phi) is 8.37. The summed E-state index contributed by atoms with van der Waals surface area (Å²) in [4.78, 5) is 34.3. The fourth-order valence-electron chi connectivity index (χ4n) is 6.52. The summed E-state index contributed by atoms with van der Waals surface area (Å²) >= 11 is 0. The van der Waals surface area contributed by atoms with Crippen LogP contribution in [0.4, 0.5) is 23.8 Å². The van der Waals surface area contributed by atoms with Crippen LogP contribution in [0.5, 0.6) is 5.75 Å². The maximum atomic E-state index is 13.4. The number of pyridine rings is 1. The van der Waals surface area contributed by atoms with Gasteiger partial charge in [-0.25, -0.2) is 9.78 Å². The molecule has 1 unspecified atom stereocenters. The fourth-order valence-corrected chi connectivity index (χ4v) is 6.52. The van der Waals surface area contributed by atoms with Crippen molar-refractivity contribution in [1.29, 1.82) is 0 Å². The zero-order chi connectivity index (χ0) is 31.9. The first-order valence-electron chi connectivity index (χ1n) is 15.3. The van der Waals surface area contributed by atoms with E-state index in [4.69, 9.17) is 19.2 Å². The molecule has 2 fully saturated rings. The van der Waals surface area contributed by atoms with E-state index in [1.807, 2.05) is 18.2 Å². The number of halogens is 3. The average molecular weight is 624 g/mol. The Hall–Kier alpha value is -4.28. The largest absolute Gasteiger partial charge is 0.496 e. The van der Waals surface area contributed by atoms with Gasteiger partial charge < -0.3 is 19.1 Å². The molecule has 3 atom stereocenters. The number of anilines is 1. The first kappa shape index (κ1) is 30.7. The maximum absolute atomic E-state index is 13.4. The summed E-state index contributed by atoms with van der Waals surface area (Å²) in [6.45, 7) is 5.73. The van der Waals surface area contributed by atoms with E-state index in [0.29, 0.717) is 24.5 Å². The van der Waals surface area contributed by atoms with E-state index in [-0.39, 0.29) is 24.0 Å². The third kappa shape index (κ3) is 6.04. The van der Waals surface area contributed by atoms with Crippen LogP contribution in [-0.2, 0) is 33.4 Å². The van der Waals surface area contributed by atoms with Gasteiger partial charge in [-0.1, -0.05) is 12.1 Å². The Morgan fingerprint density at radius 2 is 1.91 bits per heavy atom. The van der Waals surface area contributed by atoms with Crippen molar-refractivity contribution in [1.82, 2.24) is 9.88 Å². The van der Waals surface area contributed by atoms with Gasteiger partial charge in [0.05, 0.1) is 44.0 Å². The van der Waals surface area contributed by atoms with Crippen molar-refractivity contribution >= 4 is 17.9 Å². The molecule has 11 heteroatoms. The lowest BCUT2D eigenvalue weighted by Crippen LogP contribution is -2.38. The lowest BCUT2D eigenvalue weighted by molar-refractivity contribution is -0.143. The van der Waals surface area contributed by atoms with Gasteiger partial charge in [-0.3, -0.25) is 9.69 Å². The molecule has 1 aliphatic carbocycles. The Labute approximate surface area is 260 Å². The van der Waals surface area contributed by atoms with Crippen LogP contribution in [0.1, 0.15) is 73.1 Å². The highest BCUT2D eigenvalue weighted by atomic mass is 19.4. The zero-order valence-electron chi connectivity index (χ0n) is 25.5. The predicted molar refractivity (Wildman–Crippen MR) is 161 cm³/mol. The molecule has 6 rings (SSSR count). The van der Waals surface area contributed by atoms with Crippen LogP contribution in [0.15, 0.2) is 48.5 Å². The van der Waals surface area contributed by atoms with Gasteiger partial charge in [-0.05, 0) is 92.1 Å². The van der Waals surface area contributed by atoms with Crippen molar-refractivity contribution in [3.8, 4) is 16.9 Å². The molecule has 1 amide bonds. The van der Waals surface area contributed by atoms with Crippen molar-refractivity contribution in [3.05, 3.63) is 76.5 Å². The molecule has 238 valence electrons. The van der Waals surface area contributed by atoms with Gasteiger partial charge in [0.15, 0.2) is 0 Å². The van der Waals surface area contributed by atoms with Crippen molar-refractivity contribution in [3.63, 3.8) is 0 Å². The molecular weight excluding hydrogens is 587 g/mol. The van der Waals surface area contributed by atoms with Crippen molar-refractivity contribution in [2.75, 3.05) is 31.7 Å². The number of cyclic esters (lactones) is 1. The number of esters is 1. The average Bonchev–Trinajstić information content (AvgIpc) is 3.50. The summed E-state index contributed by atoms with van der Waals surface area (Å²) in [6.07, 6.45) is -3.01. The normalized spacial score (nSPS) is 20.9. The third-order valence-electron chi connectivity index (χ3n) is 9.07. The quantitative estimate of drug-likeness (QED) is 0.236. The van der Waals surface area contributed by atoms with Gasteiger partial charge in [-0.15, -0.1) is 0 Å². The number of hydrogen-bond donors (Lipinski definition) is 0. The van der Waals surface area contributed by atoms with Crippen LogP contribution in [0.25, 0.3) is 11.1 Å². The number of carbonyl (C=O) groups is 2. The van der Waals surface area contributed by atoms with Crippen molar-refractivity contribution in [2.45, 2.75) is 70.3 Å². The number of aryl methyl sites for hydroxylation is 1. The number of fused-ring (bicyclic) bond motifs is 1. The van der Waals surface area contributed by atoms with Gasteiger partial charge in [0, 0.05) is 24.2 Å². The van der Waals surface area contributed by atoms with Gasteiger partial charge in [0.1, 0.15) is 17.7 Å². The molecule has 0 bridgehead atoms. The number of rotatable bonds is 9. The first-order valence-corrected chi connectivity index (χ1v) is 15.3. The number of hydrogen-bond acceptors (Lipinski definition) is 7. The highest BCUT2D eigenvalue weighted by Crippen LogP contribution is 2.44. The summed E-state index contributed by atoms with van der Waals surface area (Å²) < 4.78 is 57.0. The van der Waals surface area contributed by atoms with Crippen molar-refractivity contribution < 1.29 is 37.0 Å². The number of amides is 1. The van der Waals surface area contributed by atoms with Crippen LogP contribution in [0.2, 0.25) is 0 Å². The van der Waals surface area contributed by atoms with E-state index in [0.717, 1.165) is 72.6 Å². The molecule has 0 spiro atoms. The van der Waals surface area contributed by atoms with Crippen molar-refractivity contribution in [2.24, 2.45) is 0 Å². The highest BCUT2D eigenvalue weighted by molar-refractivity contribution is 5.78. The smallest absolute Gasteiger partial charge is 0.416 e. The second kappa shape index (κ2) is 12.3. The van der Waals surface area contributed by atoms with Gasteiger partial charge >= 0.3 is 18.2 Å². The summed E-state index contributed by atoms with van der Waals surface area (Å²) in [6, 6.07) is 12.4. The number of benzene rings is 2. The second-order valence-electron chi connectivity index (χ2n) is 11.8. The Bertz CT molecular complexity index is 1610. The Balaban J connectivity index is 1.36. The zero-order valence-corrected chi connectivity index (χ0v) is 25.5. The molecule has 8 nitrogen and oxygen atoms in total. The van der Waals surface area contributed by atoms with Crippen LogP contribution < -0.4 is 9.64 Å². The van der Waals surface area contributed by atoms with E-state index < -0.39 is 30.0 Å². The Morgan fingerprint density at radius 3 is 2.60 bits per heavy atom. The molecule has 0 radical (unpaired) electrons. The molecule has 0 saturated carbocycles.